The van der Waals surface area contributed by atoms with Crippen molar-refractivity contribution >= 4 is 11.8 Å². The molecule has 0 bridgehead atoms. The van der Waals surface area contributed by atoms with Gasteiger partial charge >= 0.3 is 0 Å². The van der Waals surface area contributed by atoms with Gasteiger partial charge in [0.1, 0.15) is 16.9 Å². The monoisotopic (exact) mass is 490 g/mol. The first kappa shape index (κ1) is 22.7. The molecule has 36 heavy (non-hydrogen) atoms. The molecule has 0 saturated heterocycles. The van der Waals surface area contributed by atoms with Crippen molar-refractivity contribution in [1.29, 1.82) is 0 Å². The van der Waals surface area contributed by atoms with Gasteiger partial charge in [0.25, 0.3) is 5.91 Å². The van der Waals surface area contributed by atoms with Crippen LogP contribution in [0, 0.1) is 0 Å². The lowest BCUT2D eigenvalue weighted by atomic mass is 9.93. The molecule has 6 rings (SSSR count). The SMILES string of the molecule is CC1(C(=O)NC2CCCCCC2)Cn2nc(-c3ccco3)cc2C(=O)N1Cc1ccc2c(c1)OCO2. The first-order chi connectivity index (χ1) is 17.5. The molecule has 1 aliphatic carbocycles. The molecule has 1 fully saturated rings. The number of carbonyl (C=O) groups is 2. The van der Waals surface area contributed by atoms with Crippen LogP contribution in [0.25, 0.3) is 11.5 Å². The Morgan fingerprint density at radius 2 is 1.92 bits per heavy atom. The third-order valence-electron chi connectivity index (χ3n) is 7.53. The number of benzene rings is 1. The molecule has 1 aromatic carbocycles. The molecule has 3 aromatic rings. The highest BCUT2D eigenvalue weighted by atomic mass is 16.7. The summed E-state index contributed by atoms with van der Waals surface area (Å²) in [5, 5.41) is 7.91. The number of aromatic nitrogens is 2. The number of rotatable bonds is 5. The average molecular weight is 491 g/mol. The van der Waals surface area contributed by atoms with Crippen LogP contribution in [-0.4, -0.2) is 44.9 Å². The van der Waals surface area contributed by atoms with E-state index in [2.05, 4.69) is 10.4 Å². The lowest BCUT2D eigenvalue weighted by Gasteiger charge is -2.44. The minimum atomic E-state index is -1.13. The quantitative estimate of drug-likeness (QED) is 0.540. The van der Waals surface area contributed by atoms with Crippen molar-refractivity contribution in [3.05, 3.63) is 53.9 Å². The van der Waals surface area contributed by atoms with Gasteiger partial charge in [0.05, 0.1) is 12.8 Å². The Hall–Kier alpha value is -3.75. The number of fused-ring (bicyclic) bond motifs is 2. The van der Waals surface area contributed by atoms with Gasteiger partial charge in [-0.05, 0) is 49.6 Å². The Bertz CT molecular complexity index is 1280. The van der Waals surface area contributed by atoms with Gasteiger partial charge < -0.3 is 24.1 Å². The first-order valence-electron chi connectivity index (χ1n) is 12.6. The van der Waals surface area contributed by atoms with E-state index in [0.717, 1.165) is 31.2 Å². The lowest BCUT2D eigenvalue weighted by molar-refractivity contribution is -0.134. The fraction of sp³-hybridized carbons (Fsp3) is 0.444. The number of hydrogen-bond donors (Lipinski definition) is 1. The molecule has 2 aromatic heterocycles. The van der Waals surface area contributed by atoms with Crippen LogP contribution in [0.1, 0.15) is 61.5 Å². The van der Waals surface area contributed by atoms with Crippen LogP contribution < -0.4 is 14.8 Å². The maximum atomic E-state index is 13.9. The zero-order chi connectivity index (χ0) is 24.7. The van der Waals surface area contributed by atoms with Gasteiger partial charge in [0, 0.05) is 18.7 Å². The summed E-state index contributed by atoms with van der Waals surface area (Å²) >= 11 is 0. The van der Waals surface area contributed by atoms with E-state index in [9.17, 15) is 9.59 Å². The maximum absolute atomic E-state index is 13.9. The normalized spacial score (nSPS) is 21.8. The zero-order valence-electron chi connectivity index (χ0n) is 20.4. The molecule has 9 heteroatoms. The minimum Gasteiger partial charge on any atom is -0.463 e. The molecule has 188 valence electrons. The van der Waals surface area contributed by atoms with Crippen LogP contribution >= 0.6 is 0 Å². The van der Waals surface area contributed by atoms with E-state index >= 15 is 0 Å². The molecule has 3 aliphatic rings. The Morgan fingerprint density at radius 3 is 2.69 bits per heavy atom. The lowest BCUT2D eigenvalue weighted by Crippen LogP contribution is -2.64. The van der Waals surface area contributed by atoms with Crippen LogP contribution in [0.3, 0.4) is 0 Å². The number of amides is 2. The van der Waals surface area contributed by atoms with E-state index in [1.54, 1.807) is 34.0 Å². The van der Waals surface area contributed by atoms with Crippen molar-refractivity contribution in [3.63, 3.8) is 0 Å². The van der Waals surface area contributed by atoms with Crippen LogP contribution in [0.15, 0.2) is 47.1 Å². The van der Waals surface area contributed by atoms with Crippen LogP contribution in [0.2, 0.25) is 0 Å². The second kappa shape index (κ2) is 9.04. The standard InChI is InChI=1S/C27H30N4O5/c1-27(26(33)28-19-7-4-2-3-5-8-19)16-31-21(14-20(29-31)22-9-6-12-34-22)25(32)30(27)15-18-10-11-23-24(13-18)36-17-35-23/h6,9-14,19H,2-5,7-8,15-17H2,1H3,(H,28,33). The van der Waals surface area contributed by atoms with Crippen LogP contribution in [0.5, 0.6) is 11.5 Å². The first-order valence-corrected chi connectivity index (χ1v) is 12.6. The van der Waals surface area contributed by atoms with Crippen molar-refractivity contribution in [1.82, 2.24) is 20.0 Å². The van der Waals surface area contributed by atoms with Crippen molar-refractivity contribution in [2.45, 2.75) is 70.1 Å². The zero-order valence-corrected chi connectivity index (χ0v) is 20.4. The summed E-state index contributed by atoms with van der Waals surface area (Å²) in [6.45, 7) is 2.52. The molecular formula is C27H30N4O5. The van der Waals surface area contributed by atoms with Gasteiger partial charge in [-0.3, -0.25) is 14.3 Å². The molecule has 1 saturated carbocycles. The summed E-state index contributed by atoms with van der Waals surface area (Å²) in [6.07, 6.45) is 8.12. The van der Waals surface area contributed by atoms with E-state index in [1.807, 2.05) is 25.1 Å². The molecule has 0 spiro atoms. The van der Waals surface area contributed by atoms with E-state index < -0.39 is 5.54 Å². The van der Waals surface area contributed by atoms with Gasteiger partial charge in [-0.15, -0.1) is 0 Å². The number of nitrogens with one attached hydrogen (secondary N) is 1. The van der Waals surface area contributed by atoms with E-state index in [-0.39, 0.29) is 37.7 Å². The summed E-state index contributed by atoms with van der Waals surface area (Å²) in [7, 11) is 0. The number of hydrogen-bond acceptors (Lipinski definition) is 6. The van der Waals surface area contributed by atoms with Gasteiger partial charge in [-0.2, -0.15) is 5.10 Å². The van der Waals surface area contributed by atoms with Gasteiger partial charge in [0.15, 0.2) is 17.3 Å². The van der Waals surface area contributed by atoms with E-state index in [0.29, 0.717) is 28.6 Å². The fourth-order valence-electron chi connectivity index (χ4n) is 5.42. The van der Waals surface area contributed by atoms with Gasteiger partial charge in [-0.1, -0.05) is 31.7 Å². The number of ether oxygens (including phenoxy) is 2. The average Bonchev–Trinajstić information content (AvgIpc) is 3.60. The van der Waals surface area contributed by atoms with Crippen LogP contribution in [0.4, 0.5) is 0 Å². The Balaban J connectivity index is 1.34. The molecule has 2 aliphatic heterocycles. The number of furan rings is 1. The third kappa shape index (κ3) is 4.02. The molecule has 4 heterocycles. The topological polar surface area (TPSA) is 98.8 Å². The second-order valence-corrected chi connectivity index (χ2v) is 10.1. The van der Waals surface area contributed by atoms with Crippen LogP contribution in [-0.2, 0) is 17.9 Å². The summed E-state index contributed by atoms with van der Waals surface area (Å²) in [5.74, 6) is 1.51. The maximum Gasteiger partial charge on any atom is 0.273 e. The van der Waals surface area contributed by atoms with Crippen molar-refractivity contribution in [2.75, 3.05) is 6.79 Å². The number of carbonyl (C=O) groups excluding carboxylic acids is 2. The third-order valence-corrected chi connectivity index (χ3v) is 7.53. The van der Waals surface area contributed by atoms with Crippen molar-refractivity contribution in [3.8, 4) is 23.0 Å². The highest BCUT2D eigenvalue weighted by Gasteiger charge is 2.48. The van der Waals surface area contributed by atoms with Gasteiger partial charge in [-0.25, -0.2) is 0 Å². The smallest absolute Gasteiger partial charge is 0.273 e. The largest absolute Gasteiger partial charge is 0.463 e. The molecule has 1 atom stereocenters. The highest BCUT2D eigenvalue weighted by Crippen LogP contribution is 2.36. The molecule has 9 nitrogen and oxygen atoms in total. The van der Waals surface area contributed by atoms with Gasteiger partial charge in [0.2, 0.25) is 12.7 Å². The molecular weight excluding hydrogens is 460 g/mol. The predicted molar refractivity (Wildman–Crippen MR) is 130 cm³/mol. The van der Waals surface area contributed by atoms with Crippen molar-refractivity contribution in [2.24, 2.45) is 0 Å². The summed E-state index contributed by atoms with van der Waals surface area (Å²) < 4.78 is 18.1. The Morgan fingerprint density at radius 1 is 1.11 bits per heavy atom. The van der Waals surface area contributed by atoms with Crippen molar-refractivity contribution < 1.29 is 23.5 Å². The van der Waals surface area contributed by atoms with E-state index in [4.69, 9.17) is 13.9 Å². The Kier molecular flexibility index (Phi) is 5.70. The summed E-state index contributed by atoms with van der Waals surface area (Å²) in [6, 6.07) is 11.1. The number of nitrogens with zero attached hydrogens (tertiary/aromatic N) is 3. The Labute approximate surface area is 209 Å². The van der Waals surface area contributed by atoms with E-state index in [1.165, 1.54) is 12.8 Å². The summed E-state index contributed by atoms with van der Waals surface area (Å²) in [5.41, 5.74) is 0.737. The summed E-state index contributed by atoms with van der Waals surface area (Å²) in [4.78, 5) is 29.4. The molecule has 1 unspecified atom stereocenters. The second-order valence-electron chi connectivity index (χ2n) is 10.1. The highest BCUT2D eigenvalue weighted by molar-refractivity contribution is 6.00. The molecule has 0 radical (unpaired) electrons. The molecule has 2 amide bonds. The predicted octanol–water partition coefficient (Wildman–Crippen LogP) is 4.13. The minimum absolute atomic E-state index is 0.122. The molecule has 1 N–H and O–H groups in total. The fourth-order valence-corrected chi connectivity index (χ4v) is 5.42.